The van der Waals surface area contributed by atoms with Gasteiger partial charge in [0.2, 0.25) is 6.79 Å². The van der Waals surface area contributed by atoms with E-state index in [1.54, 1.807) is 18.2 Å². The van der Waals surface area contributed by atoms with Crippen molar-refractivity contribution in [1.82, 2.24) is 5.01 Å². The molecule has 5 nitrogen and oxygen atoms in total. The summed E-state index contributed by atoms with van der Waals surface area (Å²) in [4.78, 5) is 12.1. The Labute approximate surface area is 100 Å². The minimum absolute atomic E-state index is 0.193. The van der Waals surface area contributed by atoms with Crippen LogP contribution in [0.5, 0.6) is 11.5 Å². The zero-order valence-electron chi connectivity index (χ0n) is 10.2. The maximum Gasteiger partial charge on any atom is 0.268 e. The number of hydrogen-bond acceptors (Lipinski definition) is 4. The number of benzene rings is 1. The molecule has 1 heterocycles. The second kappa shape index (κ2) is 3.92. The normalized spacial score (nSPS) is 13.6. The van der Waals surface area contributed by atoms with E-state index in [4.69, 9.17) is 15.3 Å². The number of fused-ring (bicyclic) bond motifs is 1. The third-order valence-corrected chi connectivity index (χ3v) is 2.56. The van der Waals surface area contributed by atoms with Crippen LogP contribution in [0.2, 0.25) is 0 Å². The number of hydrazine groups is 1. The molecule has 0 aromatic heterocycles. The summed E-state index contributed by atoms with van der Waals surface area (Å²) in [5.74, 6) is 6.78. The lowest BCUT2D eigenvalue weighted by Gasteiger charge is -2.31. The van der Waals surface area contributed by atoms with E-state index in [-0.39, 0.29) is 12.7 Å². The summed E-state index contributed by atoms with van der Waals surface area (Å²) < 4.78 is 10.4. The van der Waals surface area contributed by atoms with Gasteiger partial charge in [-0.2, -0.15) is 0 Å². The summed E-state index contributed by atoms with van der Waals surface area (Å²) in [6.45, 7) is 5.81. The van der Waals surface area contributed by atoms with Gasteiger partial charge < -0.3 is 9.47 Å². The second-order valence-electron chi connectivity index (χ2n) is 4.91. The first-order chi connectivity index (χ1) is 7.89. The van der Waals surface area contributed by atoms with Gasteiger partial charge >= 0.3 is 0 Å². The third-order valence-electron chi connectivity index (χ3n) is 2.56. The van der Waals surface area contributed by atoms with Crippen molar-refractivity contribution in [2.75, 3.05) is 6.79 Å². The van der Waals surface area contributed by atoms with Crippen molar-refractivity contribution in [2.24, 2.45) is 5.84 Å². The highest BCUT2D eigenvalue weighted by atomic mass is 16.7. The van der Waals surface area contributed by atoms with Crippen molar-refractivity contribution in [3.05, 3.63) is 23.8 Å². The average molecular weight is 236 g/mol. The van der Waals surface area contributed by atoms with E-state index in [1.165, 1.54) is 5.01 Å². The molecular formula is C12H16N2O3. The van der Waals surface area contributed by atoms with Gasteiger partial charge in [0, 0.05) is 5.56 Å². The van der Waals surface area contributed by atoms with E-state index in [0.29, 0.717) is 17.1 Å². The average Bonchev–Trinajstić information content (AvgIpc) is 2.72. The molecule has 0 saturated heterocycles. The predicted molar refractivity (Wildman–Crippen MR) is 62.7 cm³/mol. The summed E-state index contributed by atoms with van der Waals surface area (Å²) in [5.41, 5.74) is 0.0691. The summed E-state index contributed by atoms with van der Waals surface area (Å²) in [6.07, 6.45) is 0. The van der Waals surface area contributed by atoms with Crippen molar-refractivity contribution < 1.29 is 14.3 Å². The number of rotatable bonds is 1. The van der Waals surface area contributed by atoms with Gasteiger partial charge in [-0.1, -0.05) is 0 Å². The zero-order chi connectivity index (χ0) is 12.6. The highest BCUT2D eigenvalue weighted by Gasteiger charge is 2.25. The van der Waals surface area contributed by atoms with Crippen LogP contribution in [0.4, 0.5) is 0 Å². The minimum Gasteiger partial charge on any atom is -0.454 e. The van der Waals surface area contributed by atoms with Crippen LogP contribution in [-0.2, 0) is 0 Å². The summed E-state index contributed by atoms with van der Waals surface area (Å²) >= 11 is 0. The Bertz CT molecular complexity index is 452. The first-order valence-electron chi connectivity index (χ1n) is 5.38. The molecule has 0 aliphatic carbocycles. The molecule has 1 aromatic rings. The number of ether oxygens (including phenoxy) is 2. The molecule has 1 amide bonds. The third kappa shape index (κ3) is 2.19. The Morgan fingerprint density at radius 2 is 1.94 bits per heavy atom. The van der Waals surface area contributed by atoms with Gasteiger partial charge in [-0.05, 0) is 39.0 Å². The molecule has 1 aliphatic rings. The van der Waals surface area contributed by atoms with Crippen LogP contribution in [0.1, 0.15) is 31.1 Å². The molecule has 0 fully saturated rings. The first-order valence-corrected chi connectivity index (χ1v) is 5.38. The SMILES string of the molecule is CC(C)(C)N(N)C(=O)c1ccc2c(c1)OCO2. The van der Waals surface area contributed by atoms with Crippen LogP contribution in [0.25, 0.3) is 0 Å². The van der Waals surface area contributed by atoms with E-state index in [9.17, 15) is 4.79 Å². The van der Waals surface area contributed by atoms with Gasteiger partial charge in [0.1, 0.15) is 0 Å². The van der Waals surface area contributed by atoms with Crippen molar-refractivity contribution in [1.29, 1.82) is 0 Å². The lowest BCUT2D eigenvalue weighted by molar-refractivity contribution is 0.0581. The van der Waals surface area contributed by atoms with Crippen LogP contribution in [0.15, 0.2) is 18.2 Å². The van der Waals surface area contributed by atoms with Gasteiger partial charge in [-0.15, -0.1) is 0 Å². The number of amides is 1. The molecule has 0 atom stereocenters. The largest absolute Gasteiger partial charge is 0.454 e. The van der Waals surface area contributed by atoms with Gasteiger partial charge in [0.15, 0.2) is 11.5 Å². The number of nitrogens with zero attached hydrogens (tertiary/aromatic N) is 1. The lowest BCUT2D eigenvalue weighted by atomic mass is 10.1. The van der Waals surface area contributed by atoms with E-state index in [2.05, 4.69) is 0 Å². The molecule has 2 rings (SSSR count). The molecule has 0 bridgehead atoms. The first kappa shape index (κ1) is 11.7. The summed E-state index contributed by atoms with van der Waals surface area (Å²) in [6, 6.07) is 5.05. The minimum atomic E-state index is -0.423. The van der Waals surface area contributed by atoms with Crippen LogP contribution in [0, 0.1) is 0 Å². The Hall–Kier alpha value is -1.75. The fourth-order valence-electron chi connectivity index (χ4n) is 1.47. The Morgan fingerprint density at radius 1 is 1.29 bits per heavy atom. The fraction of sp³-hybridized carbons (Fsp3) is 0.417. The van der Waals surface area contributed by atoms with Gasteiger partial charge in [-0.3, -0.25) is 9.80 Å². The van der Waals surface area contributed by atoms with Crippen LogP contribution in [-0.4, -0.2) is 23.2 Å². The molecule has 1 aromatic carbocycles. The van der Waals surface area contributed by atoms with Gasteiger partial charge in [0.25, 0.3) is 5.91 Å². The standard InChI is InChI=1S/C12H16N2O3/c1-12(2,3)14(13)11(15)8-4-5-9-10(6-8)17-7-16-9/h4-6H,7,13H2,1-3H3. The number of carbonyl (C=O) groups excluding carboxylic acids is 1. The van der Waals surface area contributed by atoms with E-state index >= 15 is 0 Å². The lowest BCUT2D eigenvalue weighted by Crippen LogP contribution is -2.50. The highest BCUT2D eigenvalue weighted by Crippen LogP contribution is 2.32. The molecule has 92 valence electrons. The van der Waals surface area contributed by atoms with E-state index in [1.807, 2.05) is 20.8 Å². The molecule has 17 heavy (non-hydrogen) atoms. The maximum absolute atomic E-state index is 12.1. The van der Waals surface area contributed by atoms with Crippen molar-refractivity contribution in [3.8, 4) is 11.5 Å². The Kier molecular flexibility index (Phi) is 2.71. The van der Waals surface area contributed by atoms with E-state index in [0.717, 1.165) is 0 Å². The quantitative estimate of drug-likeness (QED) is 0.456. The molecule has 2 N–H and O–H groups in total. The number of carbonyl (C=O) groups is 1. The molecular weight excluding hydrogens is 220 g/mol. The number of hydrogen-bond donors (Lipinski definition) is 1. The molecule has 0 saturated carbocycles. The highest BCUT2D eigenvalue weighted by molar-refractivity contribution is 5.95. The molecule has 0 unspecified atom stereocenters. The predicted octanol–water partition coefficient (Wildman–Crippen LogP) is 1.53. The fourth-order valence-corrected chi connectivity index (χ4v) is 1.47. The second-order valence-corrected chi connectivity index (χ2v) is 4.91. The number of nitrogens with two attached hydrogens (primary N) is 1. The van der Waals surface area contributed by atoms with Crippen LogP contribution in [0.3, 0.4) is 0 Å². The Balaban J connectivity index is 2.26. The molecule has 1 aliphatic heterocycles. The van der Waals surface area contributed by atoms with Crippen LogP contribution < -0.4 is 15.3 Å². The Morgan fingerprint density at radius 3 is 2.59 bits per heavy atom. The summed E-state index contributed by atoms with van der Waals surface area (Å²) in [5, 5.41) is 1.21. The van der Waals surface area contributed by atoms with Crippen molar-refractivity contribution >= 4 is 5.91 Å². The van der Waals surface area contributed by atoms with E-state index < -0.39 is 5.54 Å². The van der Waals surface area contributed by atoms with Crippen molar-refractivity contribution in [3.63, 3.8) is 0 Å². The van der Waals surface area contributed by atoms with Crippen molar-refractivity contribution in [2.45, 2.75) is 26.3 Å². The smallest absolute Gasteiger partial charge is 0.268 e. The maximum atomic E-state index is 12.1. The topological polar surface area (TPSA) is 64.8 Å². The van der Waals surface area contributed by atoms with Gasteiger partial charge in [-0.25, -0.2) is 5.84 Å². The van der Waals surface area contributed by atoms with Gasteiger partial charge in [0.05, 0.1) is 5.54 Å². The molecule has 0 spiro atoms. The molecule has 0 radical (unpaired) electrons. The summed E-state index contributed by atoms with van der Waals surface area (Å²) in [7, 11) is 0. The zero-order valence-corrected chi connectivity index (χ0v) is 10.2. The molecule has 5 heteroatoms. The van der Waals surface area contributed by atoms with Crippen LogP contribution >= 0.6 is 0 Å². The monoisotopic (exact) mass is 236 g/mol.